The third-order valence-corrected chi connectivity index (χ3v) is 6.81. The van der Waals surface area contributed by atoms with Gasteiger partial charge in [0, 0.05) is 15.5 Å². The van der Waals surface area contributed by atoms with Crippen LogP contribution in [0.15, 0.2) is 41.4 Å². The number of aromatic nitrogens is 3. The molecule has 186 valence electrons. The zero-order chi connectivity index (χ0) is 25.4. The summed E-state index contributed by atoms with van der Waals surface area (Å²) in [5.41, 5.74) is -1.52. The van der Waals surface area contributed by atoms with Gasteiger partial charge in [0.25, 0.3) is 0 Å². The van der Waals surface area contributed by atoms with Gasteiger partial charge in [0.15, 0.2) is 17.5 Å². The van der Waals surface area contributed by atoms with Crippen LogP contribution < -0.4 is 0 Å². The lowest BCUT2D eigenvalue weighted by Crippen LogP contribution is -2.55. The summed E-state index contributed by atoms with van der Waals surface area (Å²) < 4.78 is 47.2. The number of aliphatic hydroxyl groups is 3. The number of carboxylic acid groups (broad SMARTS) is 1. The lowest BCUT2D eigenvalue weighted by atomic mass is 9.97. The van der Waals surface area contributed by atoms with Crippen molar-refractivity contribution in [2.45, 2.75) is 34.7 Å². The van der Waals surface area contributed by atoms with Crippen molar-refractivity contribution in [1.82, 2.24) is 15.0 Å². The van der Waals surface area contributed by atoms with Gasteiger partial charge < -0.3 is 25.2 Å². The summed E-state index contributed by atoms with van der Waals surface area (Å²) in [6, 6.07) is 4.20. The molecule has 4 N–H and O–H groups in total. The summed E-state index contributed by atoms with van der Waals surface area (Å²) in [4.78, 5) is 11.7. The molecule has 0 amide bonds. The molecule has 1 fully saturated rings. The van der Waals surface area contributed by atoms with Crippen LogP contribution in [0.5, 0.6) is 0 Å². The average Bonchev–Trinajstić information content (AvgIpc) is 3.28. The van der Waals surface area contributed by atoms with Gasteiger partial charge in [-0.3, -0.25) is 0 Å². The van der Waals surface area contributed by atoms with Crippen LogP contribution >= 0.6 is 23.4 Å². The van der Waals surface area contributed by atoms with Gasteiger partial charge in [-0.05, 0) is 30.3 Å². The Morgan fingerprint density at radius 1 is 1.14 bits per heavy atom. The highest BCUT2D eigenvalue weighted by Gasteiger charge is 2.46. The van der Waals surface area contributed by atoms with E-state index in [0.717, 1.165) is 16.4 Å². The van der Waals surface area contributed by atoms with Crippen LogP contribution in [0.2, 0.25) is 5.02 Å². The molecule has 0 radical (unpaired) electrons. The standard InChI is InChI=1S/C21H17ClF3N3O6S/c22-9-1-2-10(20(32)33)15(5-9)35-21-19(31)17(18(30)14(7-29)34-21)28-6-13(26-27-28)8-3-11(23)16(25)12(24)4-8/h1-6,14,17-19,21,29-31H,7H2,(H,32,33)/t14-,17+,18+,19-,21-/m1/s1. The molecule has 0 bridgehead atoms. The SMILES string of the molecule is O=C(O)c1ccc(Cl)cc1S[C@H]1O[C@H](CO)[C@H](O)[C@H](n2cc(-c3cc(F)c(F)c(F)c3)nn2)[C@H]1O. The van der Waals surface area contributed by atoms with Crippen LogP contribution in [0.4, 0.5) is 13.2 Å². The van der Waals surface area contributed by atoms with Crippen LogP contribution in [0.25, 0.3) is 11.3 Å². The Labute approximate surface area is 204 Å². The normalized spacial score (nSPS) is 24.5. The zero-order valence-corrected chi connectivity index (χ0v) is 19.0. The van der Waals surface area contributed by atoms with E-state index in [1.807, 2.05) is 0 Å². The van der Waals surface area contributed by atoms with Gasteiger partial charge in [-0.25, -0.2) is 22.6 Å². The highest BCUT2D eigenvalue weighted by Crippen LogP contribution is 2.40. The van der Waals surface area contributed by atoms with Crippen molar-refractivity contribution >= 4 is 29.3 Å². The number of hydrogen-bond acceptors (Lipinski definition) is 8. The van der Waals surface area contributed by atoms with Crippen LogP contribution in [-0.4, -0.2) is 71.7 Å². The van der Waals surface area contributed by atoms with Gasteiger partial charge >= 0.3 is 5.97 Å². The number of aliphatic hydroxyl groups excluding tert-OH is 3. The molecule has 9 nitrogen and oxygen atoms in total. The third-order valence-electron chi connectivity index (χ3n) is 5.36. The smallest absolute Gasteiger partial charge is 0.336 e. The van der Waals surface area contributed by atoms with Crippen molar-refractivity contribution in [2.24, 2.45) is 0 Å². The van der Waals surface area contributed by atoms with Crippen molar-refractivity contribution in [3.63, 3.8) is 0 Å². The van der Waals surface area contributed by atoms with Crippen LogP contribution in [0, 0.1) is 17.5 Å². The summed E-state index contributed by atoms with van der Waals surface area (Å²) in [5.74, 6) is -5.77. The molecule has 1 aromatic heterocycles. The molecule has 0 saturated carbocycles. The number of ether oxygens (including phenoxy) is 1. The van der Waals surface area contributed by atoms with E-state index < -0.39 is 59.8 Å². The Bertz CT molecular complexity index is 1240. The Hall–Kier alpha value is -2.68. The first-order valence-electron chi connectivity index (χ1n) is 9.99. The van der Waals surface area contributed by atoms with E-state index >= 15 is 0 Å². The minimum atomic E-state index is -1.65. The van der Waals surface area contributed by atoms with Crippen molar-refractivity contribution in [3.05, 3.63) is 64.6 Å². The van der Waals surface area contributed by atoms with E-state index in [1.54, 1.807) is 0 Å². The largest absolute Gasteiger partial charge is 0.478 e. The van der Waals surface area contributed by atoms with E-state index in [0.29, 0.717) is 12.1 Å². The first-order valence-corrected chi connectivity index (χ1v) is 11.2. The molecule has 1 aliphatic heterocycles. The Kier molecular flexibility index (Phi) is 7.35. The van der Waals surface area contributed by atoms with Crippen LogP contribution in [0.3, 0.4) is 0 Å². The van der Waals surface area contributed by atoms with E-state index in [-0.39, 0.29) is 26.7 Å². The molecule has 4 rings (SSSR count). The Morgan fingerprint density at radius 2 is 1.83 bits per heavy atom. The fourth-order valence-corrected chi connectivity index (χ4v) is 5.09. The van der Waals surface area contributed by atoms with Gasteiger partial charge in [0.05, 0.1) is 18.4 Å². The molecule has 3 aromatic rings. The van der Waals surface area contributed by atoms with Crippen molar-refractivity contribution in [3.8, 4) is 11.3 Å². The maximum atomic E-state index is 13.6. The molecule has 5 atom stereocenters. The molecule has 35 heavy (non-hydrogen) atoms. The van der Waals surface area contributed by atoms with E-state index in [1.165, 1.54) is 24.4 Å². The minimum Gasteiger partial charge on any atom is -0.478 e. The number of nitrogens with zero attached hydrogens (tertiary/aromatic N) is 3. The number of aromatic carboxylic acids is 1. The van der Waals surface area contributed by atoms with Gasteiger partial charge in [0.1, 0.15) is 35.5 Å². The second-order valence-electron chi connectivity index (χ2n) is 7.60. The predicted molar refractivity (Wildman–Crippen MR) is 116 cm³/mol. The maximum Gasteiger partial charge on any atom is 0.336 e. The van der Waals surface area contributed by atoms with Crippen molar-refractivity contribution < 1.29 is 43.1 Å². The summed E-state index contributed by atoms with van der Waals surface area (Å²) in [6.07, 6.45) is -3.05. The fourth-order valence-electron chi connectivity index (χ4n) is 3.63. The van der Waals surface area contributed by atoms with Gasteiger partial charge in [-0.2, -0.15) is 0 Å². The number of thioether (sulfide) groups is 1. The fraction of sp³-hybridized carbons (Fsp3) is 0.286. The second kappa shape index (κ2) is 10.1. The highest BCUT2D eigenvalue weighted by molar-refractivity contribution is 8.00. The minimum absolute atomic E-state index is 0.0820. The van der Waals surface area contributed by atoms with Gasteiger partial charge in [0.2, 0.25) is 0 Å². The van der Waals surface area contributed by atoms with Crippen molar-refractivity contribution in [1.29, 1.82) is 0 Å². The molecular weight excluding hydrogens is 515 g/mol. The number of benzene rings is 2. The first-order chi connectivity index (χ1) is 16.6. The number of carbonyl (C=O) groups is 1. The van der Waals surface area contributed by atoms with E-state index in [9.17, 15) is 38.4 Å². The molecular formula is C21H17ClF3N3O6S. The topological polar surface area (TPSA) is 138 Å². The maximum absolute atomic E-state index is 13.6. The number of hydrogen-bond donors (Lipinski definition) is 4. The van der Waals surface area contributed by atoms with Crippen LogP contribution in [-0.2, 0) is 4.74 Å². The molecule has 14 heteroatoms. The lowest BCUT2D eigenvalue weighted by Gasteiger charge is -2.41. The molecule has 0 spiro atoms. The highest BCUT2D eigenvalue weighted by atomic mass is 35.5. The first kappa shape index (κ1) is 25.4. The molecule has 1 saturated heterocycles. The molecule has 2 aromatic carbocycles. The Balaban J connectivity index is 1.67. The molecule has 0 unspecified atom stereocenters. The summed E-state index contributed by atoms with van der Waals surface area (Å²) in [7, 11) is 0. The van der Waals surface area contributed by atoms with Crippen LogP contribution in [0.1, 0.15) is 16.4 Å². The quantitative estimate of drug-likeness (QED) is 0.353. The third kappa shape index (κ3) is 5.01. The number of carboxylic acids is 1. The number of halogens is 4. The van der Waals surface area contributed by atoms with E-state index in [4.69, 9.17) is 16.3 Å². The Morgan fingerprint density at radius 3 is 2.46 bits per heavy atom. The average molecular weight is 532 g/mol. The number of rotatable bonds is 6. The molecule has 2 heterocycles. The van der Waals surface area contributed by atoms with Crippen molar-refractivity contribution in [2.75, 3.05) is 6.61 Å². The monoisotopic (exact) mass is 531 g/mol. The van der Waals surface area contributed by atoms with E-state index in [2.05, 4.69) is 10.3 Å². The summed E-state index contributed by atoms with van der Waals surface area (Å²) in [6.45, 7) is -0.654. The van der Waals surface area contributed by atoms with Gasteiger partial charge in [-0.1, -0.05) is 28.6 Å². The second-order valence-corrected chi connectivity index (χ2v) is 9.18. The van der Waals surface area contributed by atoms with Gasteiger partial charge in [-0.15, -0.1) is 5.10 Å². The summed E-state index contributed by atoms with van der Waals surface area (Å²) >= 11 is 6.79. The zero-order valence-electron chi connectivity index (χ0n) is 17.4. The summed E-state index contributed by atoms with van der Waals surface area (Å²) in [5, 5.41) is 48.7. The molecule has 1 aliphatic rings. The molecule has 0 aliphatic carbocycles. The predicted octanol–water partition coefficient (Wildman–Crippen LogP) is 2.49. The lowest BCUT2D eigenvalue weighted by molar-refractivity contribution is -0.178.